The molecule has 0 aliphatic carbocycles. The molecule has 1 aromatic heterocycles. The largest absolute Gasteiger partial charge is 0.372 e. The molecule has 2 aromatic rings. The Labute approximate surface area is 111 Å². The van der Waals surface area contributed by atoms with Crippen molar-refractivity contribution in [2.24, 2.45) is 0 Å². The Balaban J connectivity index is 1.67. The normalized spacial score (nSPS) is 14.6. The van der Waals surface area contributed by atoms with Crippen molar-refractivity contribution in [3.05, 3.63) is 42.3 Å². The van der Waals surface area contributed by atoms with E-state index >= 15 is 0 Å². The summed E-state index contributed by atoms with van der Waals surface area (Å²) < 4.78 is 4.80. The Morgan fingerprint density at radius 1 is 1.16 bits per heavy atom. The van der Waals surface area contributed by atoms with Crippen molar-refractivity contribution in [1.29, 1.82) is 0 Å². The SMILES string of the molecule is O=C(Nc1ccc(N2CCCC2)cc1)c1ccno1. The molecule has 1 aliphatic rings. The summed E-state index contributed by atoms with van der Waals surface area (Å²) in [6.45, 7) is 2.23. The number of carbonyl (C=O) groups is 1. The van der Waals surface area contributed by atoms with E-state index in [9.17, 15) is 4.79 Å². The number of carbonyl (C=O) groups excluding carboxylic acids is 1. The number of hydrogen-bond acceptors (Lipinski definition) is 4. The minimum atomic E-state index is -0.286. The van der Waals surface area contributed by atoms with Crippen molar-refractivity contribution in [3.63, 3.8) is 0 Å². The lowest BCUT2D eigenvalue weighted by Crippen LogP contribution is -2.17. The second kappa shape index (κ2) is 5.14. The van der Waals surface area contributed by atoms with Gasteiger partial charge in [0.2, 0.25) is 5.76 Å². The van der Waals surface area contributed by atoms with E-state index in [0.717, 1.165) is 18.8 Å². The number of amides is 1. The van der Waals surface area contributed by atoms with Crippen LogP contribution in [0.5, 0.6) is 0 Å². The monoisotopic (exact) mass is 257 g/mol. The van der Waals surface area contributed by atoms with Gasteiger partial charge in [0.25, 0.3) is 5.91 Å². The average Bonchev–Trinajstić information content (AvgIpc) is 3.13. The van der Waals surface area contributed by atoms with Crippen molar-refractivity contribution < 1.29 is 9.32 Å². The molecule has 0 atom stereocenters. The molecule has 1 saturated heterocycles. The highest BCUT2D eigenvalue weighted by Gasteiger charge is 2.13. The van der Waals surface area contributed by atoms with Crippen LogP contribution in [0.2, 0.25) is 0 Å². The molecule has 0 radical (unpaired) electrons. The summed E-state index contributed by atoms with van der Waals surface area (Å²) in [5, 5.41) is 6.28. The van der Waals surface area contributed by atoms with Gasteiger partial charge < -0.3 is 14.7 Å². The van der Waals surface area contributed by atoms with Crippen LogP contribution >= 0.6 is 0 Å². The van der Waals surface area contributed by atoms with Gasteiger partial charge in [-0.25, -0.2) is 0 Å². The van der Waals surface area contributed by atoms with Gasteiger partial charge in [-0.15, -0.1) is 0 Å². The second-order valence-corrected chi connectivity index (χ2v) is 4.57. The molecular formula is C14H15N3O2. The first-order valence-electron chi connectivity index (χ1n) is 6.40. The molecule has 0 bridgehead atoms. The fraction of sp³-hybridized carbons (Fsp3) is 0.286. The van der Waals surface area contributed by atoms with E-state index in [1.165, 1.54) is 30.8 Å². The first-order valence-corrected chi connectivity index (χ1v) is 6.40. The number of nitrogens with one attached hydrogen (secondary N) is 1. The molecular weight excluding hydrogens is 242 g/mol. The summed E-state index contributed by atoms with van der Waals surface area (Å²) in [4.78, 5) is 14.1. The minimum Gasteiger partial charge on any atom is -0.372 e. The third-order valence-electron chi connectivity index (χ3n) is 3.26. The summed E-state index contributed by atoms with van der Waals surface area (Å²) in [6, 6.07) is 9.40. The first-order chi connectivity index (χ1) is 9.33. The van der Waals surface area contributed by atoms with Gasteiger partial charge in [-0.2, -0.15) is 0 Å². The zero-order valence-corrected chi connectivity index (χ0v) is 10.5. The molecule has 2 heterocycles. The number of hydrogen-bond donors (Lipinski definition) is 1. The Kier molecular flexibility index (Phi) is 3.18. The van der Waals surface area contributed by atoms with Gasteiger partial charge in [-0.3, -0.25) is 4.79 Å². The van der Waals surface area contributed by atoms with Crippen molar-refractivity contribution in [2.45, 2.75) is 12.8 Å². The van der Waals surface area contributed by atoms with Crippen LogP contribution in [0.25, 0.3) is 0 Å². The summed E-state index contributed by atoms with van der Waals surface area (Å²) >= 11 is 0. The predicted octanol–water partition coefficient (Wildman–Crippen LogP) is 2.53. The molecule has 3 rings (SSSR count). The van der Waals surface area contributed by atoms with Gasteiger partial charge in [0.05, 0.1) is 6.20 Å². The van der Waals surface area contributed by atoms with Crippen LogP contribution in [-0.2, 0) is 0 Å². The lowest BCUT2D eigenvalue weighted by molar-refractivity contribution is 0.0988. The predicted molar refractivity (Wildman–Crippen MR) is 72.3 cm³/mol. The molecule has 98 valence electrons. The van der Waals surface area contributed by atoms with Crippen LogP contribution in [0.3, 0.4) is 0 Å². The third kappa shape index (κ3) is 2.59. The molecule has 0 unspecified atom stereocenters. The molecule has 19 heavy (non-hydrogen) atoms. The van der Waals surface area contributed by atoms with E-state index in [-0.39, 0.29) is 11.7 Å². The zero-order valence-electron chi connectivity index (χ0n) is 10.5. The molecule has 1 amide bonds. The van der Waals surface area contributed by atoms with Crippen molar-refractivity contribution in [3.8, 4) is 0 Å². The smallest absolute Gasteiger partial charge is 0.294 e. The maximum atomic E-state index is 11.8. The van der Waals surface area contributed by atoms with Crippen LogP contribution in [0, 0.1) is 0 Å². The lowest BCUT2D eigenvalue weighted by atomic mass is 10.2. The number of rotatable bonds is 3. The van der Waals surface area contributed by atoms with Gasteiger partial charge in [-0.1, -0.05) is 5.16 Å². The highest BCUT2D eigenvalue weighted by Crippen LogP contribution is 2.22. The second-order valence-electron chi connectivity index (χ2n) is 4.57. The van der Waals surface area contributed by atoms with E-state index < -0.39 is 0 Å². The highest BCUT2D eigenvalue weighted by atomic mass is 16.5. The zero-order chi connectivity index (χ0) is 13.1. The Morgan fingerprint density at radius 3 is 2.53 bits per heavy atom. The number of aromatic nitrogens is 1. The van der Waals surface area contributed by atoms with Crippen LogP contribution in [0.4, 0.5) is 11.4 Å². The number of benzene rings is 1. The fourth-order valence-corrected chi connectivity index (χ4v) is 2.26. The van der Waals surface area contributed by atoms with Crippen molar-refractivity contribution in [1.82, 2.24) is 5.16 Å². The van der Waals surface area contributed by atoms with E-state index in [1.807, 2.05) is 24.3 Å². The van der Waals surface area contributed by atoms with E-state index in [2.05, 4.69) is 15.4 Å². The maximum Gasteiger partial charge on any atom is 0.294 e. The summed E-state index contributed by atoms with van der Waals surface area (Å²) in [7, 11) is 0. The van der Waals surface area contributed by atoms with Crippen LogP contribution in [-0.4, -0.2) is 24.2 Å². The molecule has 1 aromatic carbocycles. The Bertz CT molecular complexity index is 543. The first kappa shape index (κ1) is 11.8. The Morgan fingerprint density at radius 2 is 1.89 bits per heavy atom. The van der Waals surface area contributed by atoms with Gasteiger partial charge in [0, 0.05) is 30.5 Å². The fourth-order valence-electron chi connectivity index (χ4n) is 2.26. The van der Waals surface area contributed by atoms with Gasteiger partial charge in [0.15, 0.2) is 0 Å². The Hall–Kier alpha value is -2.30. The van der Waals surface area contributed by atoms with Crippen LogP contribution in [0.15, 0.2) is 41.1 Å². The van der Waals surface area contributed by atoms with E-state index in [4.69, 9.17) is 4.52 Å². The van der Waals surface area contributed by atoms with Gasteiger partial charge in [-0.05, 0) is 37.1 Å². The molecule has 0 spiro atoms. The van der Waals surface area contributed by atoms with E-state index in [1.54, 1.807) is 0 Å². The highest BCUT2D eigenvalue weighted by molar-refractivity contribution is 6.02. The summed E-state index contributed by atoms with van der Waals surface area (Å²) in [6.07, 6.45) is 3.96. The molecule has 1 N–H and O–H groups in total. The molecule has 5 nitrogen and oxygen atoms in total. The third-order valence-corrected chi connectivity index (χ3v) is 3.26. The maximum absolute atomic E-state index is 11.8. The number of anilines is 2. The molecule has 1 aliphatic heterocycles. The minimum absolute atomic E-state index is 0.212. The number of nitrogens with zero attached hydrogens (tertiary/aromatic N) is 2. The quantitative estimate of drug-likeness (QED) is 0.918. The average molecular weight is 257 g/mol. The molecule has 0 saturated carbocycles. The van der Waals surface area contributed by atoms with Crippen LogP contribution < -0.4 is 10.2 Å². The van der Waals surface area contributed by atoms with Gasteiger partial charge >= 0.3 is 0 Å². The van der Waals surface area contributed by atoms with E-state index in [0.29, 0.717) is 0 Å². The molecule has 5 heteroatoms. The van der Waals surface area contributed by atoms with Crippen molar-refractivity contribution >= 4 is 17.3 Å². The molecule has 1 fully saturated rings. The summed E-state index contributed by atoms with van der Waals surface area (Å²) in [5.41, 5.74) is 1.96. The lowest BCUT2D eigenvalue weighted by Gasteiger charge is -2.17. The topological polar surface area (TPSA) is 58.4 Å². The van der Waals surface area contributed by atoms with Gasteiger partial charge in [0.1, 0.15) is 0 Å². The standard InChI is InChI=1S/C14H15N3O2/c18-14(13-7-8-15-19-13)16-11-3-5-12(6-4-11)17-9-1-2-10-17/h3-8H,1-2,9-10H2,(H,16,18). The van der Waals surface area contributed by atoms with Crippen molar-refractivity contribution in [2.75, 3.05) is 23.3 Å². The summed E-state index contributed by atoms with van der Waals surface area (Å²) in [5.74, 6) is -0.0740. The van der Waals surface area contributed by atoms with Crippen LogP contribution in [0.1, 0.15) is 23.4 Å².